The molecule has 1 aromatic heterocycles. The largest absolute Gasteiger partial charge is 0.455 e. The summed E-state index contributed by atoms with van der Waals surface area (Å²) in [6.07, 6.45) is 3.57. The monoisotopic (exact) mass is 513 g/mol. The Morgan fingerprint density at radius 1 is 0.946 bits per heavy atom. The zero-order valence-electron chi connectivity index (χ0n) is 21.6. The summed E-state index contributed by atoms with van der Waals surface area (Å²) in [5, 5.41) is 8.29. The molecule has 1 amide bonds. The Hall–Kier alpha value is -3.41. The number of hydrogen-bond donors (Lipinski definition) is 2. The number of ether oxygens (including phenoxy) is 1. The van der Waals surface area contributed by atoms with Gasteiger partial charge in [-0.05, 0) is 76.9 Å². The van der Waals surface area contributed by atoms with Crippen molar-refractivity contribution < 1.29 is 9.53 Å². The molecule has 0 atom stereocenters. The topological polar surface area (TPSA) is 63.2 Å². The number of benzene rings is 3. The second kappa shape index (κ2) is 9.81. The van der Waals surface area contributed by atoms with E-state index in [2.05, 4.69) is 49.4 Å². The van der Waals surface area contributed by atoms with Crippen LogP contribution in [0.1, 0.15) is 50.9 Å². The Bertz CT molecular complexity index is 1450. The van der Waals surface area contributed by atoms with Gasteiger partial charge in [0.2, 0.25) is 0 Å². The average molecular weight is 514 g/mol. The molecule has 1 fully saturated rings. The van der Waals surface area contributed by atoms with E-state index in [1.165, 1.54) is 0 Å². The highest BCUT2D eigenvalue weighted by Gasteiger charge is 2.38. The molecular weight excluding hydrogens is 482 g/mol. The first kappa shape index (κ1) is 25.2. The SMILES string of the molecule is CC1(C)CC(NC(=O)c2ccc(Oc3ccccc3-c3cnc4ccccc4c3)c(Cl)c2)CC(C)(C)N1. The van der Waals surface area contributed by atoms with E-state index in [9.17, 15) is 4.79 Å². The number of pyridine rings is 1. The Kier molecular flexibility index (Phi) is 6.69. The van der Waals surface area contributed by atoms with E-state index in [4.69, 9.17) is 16.3 Å². The minimum absolute atomic E-state index is 0.0526. The molecule has 6 heteroatoms. The number of piperidine rings is 1. The summed E-state index contributed by atoms with van der Waals surface area (Å²) in [6.45, 7) is 8.67. The van der Waals surface area contributed by atoms with Crippen LogP contribution in [-0.2, 0) is 0 Å². The number of aromatic nitrogens is 1. The minimum Gasteiger partial charge on any atom is -0.455 e. The standard InChI is InChI=1S/C31H32ClN3O2/c1-30(2)17-23(18-31(3,4)35-30)34-29(36)21-13-14-28(25(32)16-21)37-27-12-8-6-10-24(27)22-15-20-9-5-7-11-26(20)33-19-22/h5-16,19,23,35H,17-18H2,1-4H3,(H,34,36). The first-order valence-corrected chi connectivity index (χ1v) is 13.0. The molecule has 2 N–H and O–H groups in total. The van der Waals surface area contributed by atoms with Crippen molar-refractivity contribution in [1.29, 1.82) is 0 Å². The second-order valence-corrected chi connectivity index (χ2v) is 11.5. The molecule has 190 valence electrons. The quantitative estimate of drug-likeness (QED) is 0.292. The lowest BCUT2D eigenvalue weighted by Gasteiger charge is -2.46. The van der Waals surface area contributed by atoms with Gasteiger partial charge in [0.25, 0.3) is 5.91 Å². The summed E-state index contributed by atoms with van der Waals surface area (Å²) in [6, 6.07) is 23.2. The molecule has 37 heavy (non-hydrogen) atoms. The lowest BCUT2D eigenvalue weighted by molar-refractivity contribution is 0.0873. The molecule has 1 aliphatic heterocycles. The van der Waals surface area contributed by atoms with E-state index in [0.29, 0.717) is 22.1 Å². The van der Waals surface area contributed by atoms with Crippen molar-refractivity contribution in [1.82, 2.24) is 15.6 Å². The van der Waals surface area contributed by atoms with Crippen LogP contribution in [0, 0.1) is 0 Å². The van der Waals surface area contributed by atoms with E-state index < -0.39 is 0 Å². The van der Waals surface area contributed by atoms with Gasteiger partial charge in [0.05, 0.1) is 10.5 Å². The normalized spacial score (nSPS) is 16.9. The summed E-state index contributed by atoms with van der Waals surface area (Å²) in [5.74, 6) is 1.02. The number of nitrogens with one attached hydrogen (secondary N) is 2. The number of carbonyl (C=O) groups is 1. The third kappa shape index (κ3) is 5.79. The van der Waals surface area contributed by atoms with Crippen molar-refractivity contribution in [2.45, 2.75) is 57.7 Å². The summed E-state index contributed by atoms with van der Waals surface area (Å²) < 4.78 is 6.25. The Morgan fingerprint density at radius 3 is 2.41 bits per heavy atom. The number of rotatable bonds is 5. The molecule has 5 nitrogen and oxygen atoms in total. The van der Waals surface area contributed by atoms with Crippen LogP contribution in [0.5, 0.6) is 11.5 Å². The van der Waals surface area contributed by atoms with E-state index in [0.717, 1.165) is 34.9 Å². The van der Waals surface area contributed by atoms with E-state index in [1.807, 2.05) is 54.7 Å². The molecule has 0 bridgehead atoms. The molecule has 1 saturated heterocycles. The maximum atomic E-state index is 13.1. The zero-order valence-corrected chi connectivity index (χ0v) is 22.4. The number of carbonyl (C=O) groups excluding carboxylic acids is 1. The van der Waals surface area contributed by atoms with Crippen LogP contribution in [0.2, 0.25) is 5.02 Å². The van der Waals surface area contributed by atoms with Crippen molar-refractivity contribution in [2.24, 2.45) is 0 Å². The number of nitrogens with zero attached hydrogens (tertiary/aromatic N) is 1. The molecule has 5 rings (SSSR count). The minimum atomic E-state index is -0.130. The van der Waals surface area contributed by atoms with Crippen molar-refractivity contribution >= 4 is 28.4 Å². The number of hydrogen-bond acceptors (Lipinski definition) is 4. The molecule has 0 radical (unpaired) electrons. The van der Waals surface area contributed by atoms with Gasteiger partial charge in [-0.2, -0.15) is 0 Å². The molecule has 0 saturated carbocycles. The average Bonchev–Trinajstić information content (AvgIpc) is 2.83. The first-order chi connectivity index (χ1) is 17.6. The molecule has 3 aromatic carbocycles. The first-order valence-electron chi connectivity index (χ1n) is 12.6. The maximum absolute atomic E-state index is 13.1. The lowest BCUT2D eigenvalue weighted by atomic mass is 9.79. The van der Waals surface area contributed by atoms with Crippen LogP contribution in [0.25, 0.3) is 22.0 Å². The van der Waals surface area contributed by atoms with Crippen LogP contribution in [0.15, 0.2) is 79.0 Å². The molecule has 0 aliphatic carbocycles. The van der Waals surface area contributed by atoms with Crippen LogP contribution >= 0.6 is 11.6 Å². The molecule has 2 heterocycles. The smallest absolute Gasteiger partial charge is 0.251 e. The summed E-state index contributed by atoms with van der Waals surface area (Å²) in [4.78, 5) is 17.7. The summed E-state index contributed by atoms with van der Waals surface area (Å²) in [7, 11) is 0. The fraction of sp³-hybridized carbons (Fsp3) is 0.290. The van der Waals surface area contributed by atoms with Gasteiger partial charge in [0.15, 0.2) is 0 Å². The third-order valence-corrected chi connectivity index (χ3v) is 7.02. The fourth-order valence-corrected chi connectivity index (χ4v) is 5.77. The summed E-state index contributed by atoms with van der Waals surface area (Å²) >= 11 is 6.61. The molecule has 1 aliphatic rings. The van der Waals surface area contributed by atoms with Crippen LogP contribution in [0.4, 0.5) is 0 Å². The van der Waals surface area contributed by atoms with E-state index >= 15 is 0 Å². The van der Waals surface area contributed by atoms with Gasteiger partial charge in [0.1, 0.15) is 11.5 Å². The van der Waals surface area contributed by atoms with Crippen LogP contribution in [0.3, 0.4) is 0 Å². The lowest BCUT2D eigenvalue weighted by Crippen LogP contribution is -2.62. The Balaban J connectivity index is 1.35. The Labute approximate surface area is 223 Å². The van der Waals surface area contributed by atoms with Gasteiger partial charge in [-0.15, -0.1) is 0 Å². The van der Waals surface area contributed by atoms with Crippen LogP contribution < -0.4 is 15.4 Å². The predicted octanol–water partition coefficient (Wildman–Crippen LogP) is 7.39. The van der Waals surface area contributed by atoms with Gasteiger partial charge in [0, 0.05) is 45.4 Å². The molecular formula is C31H32ClN3O2. The zero-order chi connectivity index (χ0) is 26.2. The van der Waals surface area contributed by atoms with Gasteiger partial charge < -0.3 is 15.4 Å². The number of halogens is 1. The Morgan fingerprint density at radius 2 is 1.65 bits per heavy atom. The van der Waals surface area contributed by atoms with Crippen molar-refractivity contribution in [3.05, 3.63) is 89.6 Å². The predicted molar refractivity (Wildman–Crippen MR) is 150 cm³/mol. The van der Waals surface area contributed by atoms with Crippen molar-refractivity contribution in [2.75, 3.05) is 0 Å². The second-order valence-electron chi connectivity index (χ2n) is 11.1. The highest BCUT2D eigenvalue weighted by molar-refractivity contribution is 6.32. The highest BCUT2D eigenvalue weighted by Crippen LogP contribution is 2.37. The molecule has 4 aromatic rings. The van der Waals surface area contributed by atoms with Gasteiger partial charge in [-0.3, -0.25) is 9.78 Å². The van der Waals surface area contributed by atoms with E-state index in [1.54, 1.807) is 18.2 Å². The fourth-order valence-electron chi connectivity index (χ4n) is 5.55. The number of amides is 1. The van der Waals surface area contributed by atoms with Crippen LogP contribution in [-0.4, -0.2) is 28.0 Å². The van der Waals surface area contributed by atoms with E-state index in [-0.39, 0.29) is 23.0 Å². The van der Waals surface area contributed by atoms with Gasteiger partial charge >= 0.3 is 0 Å². The van der Waals surface area contributed by atoms with Gasteiger partial charge in [-0.25, -0.2) is 0 Å². The molecule has 0 unspecified atom stereocenters. The summed E-state index contributed by atoms with van der Waals surface area (Å²) in [5.41, 5.74) is 3.21. The van der Waals surface area contributed by atoms with Crippen molar-refractivity contribution in [3.8, 4) is 22.6 Å². The highest BCUT2D eigenvalue weighted by atomic mass is 35.5. The third-order valence-electron chi connectivity index (χ3n) is 6.73. The molecule has 0 spiro atoms. The number of para-hydroxylation sites is 2. The maximum Gasteiger partial charge on any atom is 0.251 e. The number of fused-ring (bicyclic) bond motifs is 1. The van der Waals surface area contributed by atoms with Crippen molar-refractivity contribution in [3.63, 3.8) is 0 Å². The van der Waals surface area contributed by atoms with Gasteiger partial charge in [-0.1, -0.05) is 48.0 Å².